The fourth-order valence-electron chi connectivity index (χ4n) is 2.39. The molecule has 0 fully saturated rings. The number of hydrogen-bond donors (Lipinski definition) is 1. The Morgan fingerprint density at radius 3 is 2.70 bits per heavy atom. The number of methoxy groups -OCH3 is 1. The van der Waals surface area contributed by atoms with Crippen LogP contribution in [0.15, 0.2) is 51.8 Å². The van der Waals surface area contributed by atoms with Crippen LogP contribution in [0.1, 0.15) is 0 Å². The van der Waals surface area contributed by atoms with Crippen molar-refractivity contribution in [3.63, 3.8) is 0 Å². The van der Waals surface area contributed by atoms with Gasteiger partial charge in [0.2, 0.25) is 5.91 Å². The Balaban J connectivity index is 2.18. The summed E-state index contributed by atoms with van der Waals surface area (Å²) in [6.07, 6.45) is 0. The Labute approximate surface area is 142 Å². The summed E-state index contributed by atoms with van der Waals surface area (Å²) in [6.45, 7) is -0.283. The van der Waals surface area contributed by atoms with Gasteiger partial charge in [-0.15, -0.1) is 0 Å². The normalized spacial score (nSPS) is 14.2. The smallest absolute Gasteiger partial charge is 0.268 e. The van der Waals surface area contributed by atoms with Gasteiger partial charge >= 0.3 is 0 Å². The third-order valence-corrected chi connectivity index (χ3v) is 5.70. The molecule has 0 aliphatic carbocycles. The number of fused-ring (bicyclic) bond motifs is 1. The van der Waals surface area contributed by atoms with Gasteiger partial charge in [0.15, 0.2) is 0 Å². The zero-order chi connectivity index (χ0) is 16.6. The monoisotopic (exact) mass is 396 g/mol. The molecule has 2 aromatic rings. The number of carbonyl (C=O) groups excluding carboxylic acids is 1. The second-order valence-electron chi connectivity index (χ2n) is 4.87. The minimum atomic E-state index is -3.96. The van der Waals surface area contributed by atoms with Crippen molar-refractivity contribution in [2.24, 2.45) is 0 Å². The van der Waals surface area contributed by atoms with Crippen molar-refractivity contribution in [2.75, 3.05) is 23.3 Å². The summed E-state index contributed by atoms with van der Waals surface area (Å²) in [7, 11) is -2.55. The Hall–Kier alpha value is -2.06. The molecule has 0 unspecified atom stereocenters. The highest BCUT2D eigenvalue weighted by atomic mass is 79.9. The molecule has 0 saturated heterocycles. The maximum Gasteiger partial charge on any atom is 0.268 e. The molecule has 1 N–H and O–H groups in total. The van der Waals surface area contributed by atoms with Crippen LogP contribution >= 0.6 is 15.9 Å². The van der Waals surface area contributed by atoms with E-state index in [4.69, 9.17) is 4.74 Å². The maximum absolute atomic E-state index is 13.1. The van der Waals surface area contributed by atoms with Crippen molar-refractivity contribution >= 4 is 43.2 Å². The van der Waals surface area contributed by atoms with Gasteiger partial charge in [0, 0.05) is 4.47 Å². The van der Waals surface area contributed by atoms with Gasteiger partial charge in [-0.25, -0.2) is 8.42 Å². The number of nitrogens with one attached hydrogen (secondary N) is 1. The molecule has 23 heavy (non-hydrogen) atoms. The van der Waals surface area contributed by atoms with E-state index in [0.29, 0.717) is 15.8 Å². The Morgan fingerprint density at radius 1 is 1.22 bits per heavy atom. The van der Waals surface area contributed by atoms with E-state index in [1.54, 1.807) is 36.4 Å². The summed E-state index contributed by atoms with van der Waals surface area (Å²) < 4.78 is 33.0. The number of nitrogens with zero attached hydrogens (tertiary/aromatic N) is 1. The van der Waals surface area contributed by atoms with E-state index in [-0.39, 0.29) is 23.1 Å². The highest BCUT2D eigenvalue weighted by Gasteiger charge is 2.34. The molecule has 120 valence electrons. The number of sulfonamides is 1. The number of anilines is 2. The van der Waals surface area contributed by atoms with E-state index in [1.807, 2.05) is 0 Å². The molecule has 0 aromatic heterocycles. The lowest BCUT2D eigenvalue weighted by Crippen LogP contribution is -2.42. The van der Waals surface area contributed by atoms with E-state index < -0.39 is 10.0 Å². The Morgan fingerprint density at radius 2 is 1.96 bits per heavy atom. The van der Waals surface area contributed by atoms with Crippen molar-refractivity contribution in [3.05, 3.63) is 46.9 Å². The van der Waals surface area contributed by atoms with Gasteiger partial charge in [-0.1, -0.05) is 28.1 Å². The molecule has 0 atom stereocenters. The molecule has 3 rings (SSSR count). The molecule has 6 nitrogen and oxygen atoms in total. The number of benzene rings is 2. The second-order valence-corrected chi connectivity index (χ2v) is 7.62. The lowest BCUT2D eigenvalue weighted by atomic mass is 10.2. The average molecular weight is 397 g/mol. The summed E-state index contributed by atoms with van der Waals surface area (Å²) >= 11 is 3.27. The minimum absolute atomic E-state index is 0.00104. The first-order valence-electron chi connectivity index (χ1n) is 6.68. The summed E-state index contributed by atoms with van der Waals surface area (Å²) in [5.41, 5.74) is 0.885. The summed E-state index contributed by atoms with van der Waals surface area (Å²) in [4.78, 5) is 11.9. The van der Waals surface area contributed by atoms with Crippen molar-refractivity contribution in [2.45, 2.75) is 4.90 Å². The SMILES string of the molecule is COc1ccc(Br)cc1S(=O)(=O)N1CC(=O)Nc2ccccc21. The number of amides is 1. The van der Waals surface area contributed by atoms with Gasteiger partial charge in [-0.3, -0.25) is 9.10 Å². The lowest BCUT2D eigenvalue weighted by Gasteiger charge is -2.30. The Bertz CT molecular complexity index is 883. The van der Waals surface area contributed by atoms with Crippen LogP contribution < -0.4 is 14.4 Å². The van der Waals surface area contributed by atoms with Crippen molar-refractivity contribution in [1.82, 2.24) is 0 Å². The first-order valence-corrected chi connectivity index (χ1v) is 8.92. The Kier molecular flexibility index (Phi) is 4.03. The molecule has 1 aliphatic heterocycles. The van der Waals surface area contributed by atoms with E-state index in [2.05, 4.69) is 21.2 Å². The molecule has 1 aliphatic rings. The fraction of sp³-hybridized carbons (Fsp3) is 0.133. The van der Waals surface area contributed by atoms with E-state index in [1.165, 1.54) is 13.2 Å². The van der Waals surface area contributed by atoms with Crippen molar-refractivity contribution in [3.8, 4) is 5.75 Å². The van der Waals surface area contributed by atoms with Crippen molar-refractivity contribution < 1.29 is 17.9 Å². The quantitative estimate of drug-likeness (QED) is 0.864. The summed E-state index contributed by atoms with van der Waals surface area (Å²) in [5, 5.41) is 2.67. The molecule has 0 saturated carbocycles. The molecule has 0 radical (unpaired) electrons. The zero-order valence-corrected chi connectivity index (χ0v) is 14.5. The molecule has 1 amide bonds. The maximum atomic E-state index is 13.1. The van der Waals surface area contributed by atoms with Crippen molar-refractivity contribution in [1.29, 1.82) is 0 Å². The predicted molar refractivity (Wildman–Crippen MR) is 90.3 cm³/mol. The highest BCUT2D eigenvalue weighted by molar-refractivity contribution is 9.10. The van der Waals surface area contributed by atoms with E-state index >= 15 is 0 Å². The van der Waals surface area contributed by atoms with Crippen LogP contribution in [0, 0.1) is 0 Å². The third kappa shape index (κ3) is 2.79. The first kappa shape index (κ1) is 15.8. The molecular weight excluding hydrogens is 384 g/mol. The number of halogens is 1. The molecule has 2 aromatic carbocycles. The van der Waals surface area contributed by atoms with Gasteiger partial charge < -0.3 is 10.1 Å². The van der Waals surface area contributed by atoms with Crippen LogP contribution in [0.5, 0.6) is 5.75 Å². The van der Waals surface area contributed by atoms with Crippen LogP contribution in [0.2, 0.25) is 0 Å². The van der Waals surface area contributed by atoms with Gasteiger partial charge in [0.25, 0.3) is 10.0 Å². The van der Waals surface area contributed by atoms with Crippen LogP contribution in [0.4, 0.5) is 11.4 Å². The number of para-hydroxylation sites is 2. The van der Waals surface area contributed by atoms with E-state index in [9.17, 15) is 13.2 Å². The largest absolute Gasteiger partial charge is 0.495 e. The molecule has 1 heterocycles. The molecular formula is C15H13BrN2O4S. The highest BCUT2D eigenvalue weighted by Crippen LogP contribution is 2.36. The van der Waals surface area contributed by atoms with Gasteiger partial charge in [0.05, 0.1) is 18.5 Å². The number of ether oxygens (including phenoxy) is 1. The van der Waals surface area contributed by atoms with Gasteiger partial charge in [0.1, 0.15) is 17.2 Å². The molecule has 0 bridgehead atoms. The van der Waals surface area contributed by atoms with E-state index in [0.717, 1.165) is 4.31 Å². The van der Waals surface area contributed by atoms with Crippen LogP contribution in [0.3, 0.4) is 0 Å². The number of carbonyl (C=O) groups is 1. The predicted octanol–water partition coefficient (Wildman–Crippen LogP) is 2.61. The minimum Gasteiger partial charge on any atom is -0.495 e. The zero-order valence-electron chi connectivity index (χ0n) is 12.1. The second kappa shape index (κ2) is 5.86. The fourth-order valence-corrected chi connectivity index (χ4v) is 4.52. The van der Waals surface area contributed by atoms with Crippen LogP contribution in [0.25, 0.3) is 0 Å². The average Bonchev–Trinajstić information content (AvgIpc) is 2.54. The van der Waals surface area contributed by atoms with Gasteiger partial charge in [-0.2, -0.15) is 0 Å². The first-order chi connectivity index (χ1) is 10.9. The van der Waals surface area contributed by atoms with Gasteiger partial charge in [-0.05, 0) is 30.3 Å². The standard InChI is InChI=1S/C15H13BrN2O4S/c1-22-13-7-6-10(16)8-14(13)23(20,21)18-9-15(19)17-11-4-2-3-5-12(11)18/h2-8H,9H2,1H3,(H,17,19). The summed E-state index contributed by atoms with van der Waals surface area (Å²) in [5.74, 6) is -0.169. The number of hydrogen-bond acceptors (Lipinski definition) is 4. The lowest BCUT2D eigenvalue weighted by molar-refractivity contribution is -0.115. The third-order valence-electron chi connectivity index (χ3n) is 3.43. The van der Waals surface area contributed by atoms with Crippen LogP contribution in [-0.4, -0.2) is 28.0 Å². The number of rotatable bonds is 3. The molecule has 0 spiro atoms. The van der Waals surface area contributed by atoms with Crippen LogP contribution in [-0.2, 0) is 14.8 Å². The summed E-state index contributed by atoms with van der Waals surface area (Å²) in [6, 6.07) is 11.5. The molecule has 8 heteroatoms. The topological polar surface area (TPSA) is 75.7 Å².